The van der Waals surface area contributed by atoms with Gasteiger partial charge >= 0.3 is 0 Å². The predicted octanol–water partition coefficient (Wildman–Crippen LogP) is 3.96. The maximum atomic E-state index is 12.7. The van der Waals surface area contributed by atoms with Crippen LogP contribution in [0.5, 0.6) is 0 Å². The number of sulfone groups is 2. The zero-order valence-corrected chi connectivity index (χ0v) is 19.5. The van der Waals surface area contributed by atoms with Crippen molar-refractivity contribution in [3.8, 4) is 0 Å². The van der Waals surface area contributed by atoms with Crippen LogP contribution in [0.1, 0.15) is 0 Å². The summed E-state index contributed by atoms with van der Waals surface area (Å²) in [7, 11) is -7.30. The van der Waals surface area contributed by atoms with Crippen molar-refractivity contribution in [1.82, 2.24) is 0 Å². The average molecular weight is 495 g/mol. The van der Waals surface area contributed by atoms with Crippen molar-refractivity contribution in [2.45, 2.75) is 19.6 Å². The molecule has 0 unspecified atom stereocenters. The standard InChI is InChI=1S/C24H22N4O4S2/c25-17-1-9-21(10-2-17)33(29,30)23-13-5-19(6-14-23)27-28-20-7-15-24(16-8-20)34(31,32)22-11-3-18(26)4-12-22/h1-16,27-28H,25-26H2. The minimum atomic E-state index is -3.65. The van der Waals surface area contributed by atoms with Crippen molar-refractivity contribution in [3.63, 3.8) is 0 Å². The van der Waals surface area contributed by atoms with Gasteiger partial charge in [0.05, 0.1) is 31.0 Å². The van der Waals surface area contributed by atoms with Crippen LogP contribution in [0.4, 0.5) is 22.7 Å². The van der Waals surface area contributed by atoms with Gasteiger partial charge in [0, 0.05) is 11.4 Å². The number of benzene rings is 4. The van der Waals surface area contributed by atoms with Gasteiger partial charge in [-0.2, -0.15) is 0 Å². The fraction of sp³-hybridized carbons (Fsp3) is 0. The maximum absolute atomic E-state index is 12.7. The van der Waals surface area contributed by atoms with Crippen LogP contribution in [0, 0.1) is 0 Å². The highest BCUT2D eigenvalue weighted by Crippen LogP contribution is 2.25. The summed E-state index contributed by atoms with van der Waals surface area (Å²) in [6.07, 6.45) is 0. The lowest BCUT2D eigenvalue weighted by molar-refractivity contribution is 0.594. The highest BCUT2D eigenvalue weighted by Gasteiger charge is 2.18. The number of nitrogens with two attached hydrogens (primary N) is 2. The number of hydrazine groups is 1. The number of nitrogen functional groups attached to an aromatic ring is 2. The molecular weight excluding hydrogens is 472 g/mol. The van der Waals surface area contributed by atoms with Gasteiger partial charge in [-0.15, -0.1) is 0 Å². The molecule has 0 atom stereocenters. The summed E-state index contributed by atoms with van der Waals surface area (Å²) in [5.74, 6) is 0. The minimum absolute atomic E-state index is 0.153. The lowest BCUT2D eigenvalue weighted by Gasteiger charge is -2.12. The summed E-state index contributed by atoms with van der Waals surface area (Å²) < 4.78 is 50.9. The molecule has 6 N–H and O–H groups in total. The third kappa shape index (κ3) is 4.82. The normalized spacial score (nSPS) is 11.6. The summed E-state index contributed by atoms with van der Waals surface area (Å²) in [6, 6.07) is 24.5. The Labute approximate surface area is 198 Å². The van der Waals surface area contributed by atoms with Gasteiger partial charge < -0.3 is 22.3 Å². The monoisotopic (exact) mass is 494 g/mol. The van der Waals surface area contributed by atoms with Crippen molar-refractivity contribution < 1.29 is 16.8 Å². The smallest absolute Gasteiger partial charge is 0.206 e. The molecule has 0 aliphatic heterocycles. The molecule has 174 valence electrons. The van der Waals surface area contributed by atoms with Gasteiger partial charge in [0.25, 0.3) is 0 Å². The van der Waals surface area contributed by atoms with Crippen LogP contribution in [-0.2, 0) is 19.7 Å². The maximum Gasteiger partial charge on any atom is 0.206 e. The Balaban J connectivity index is 1.43. The molecule has 0 spiro atoms. The molecule has 0 aromatic heterocycles. The zero-order valence-electron chi connectivity index (χ0n) is 17.8. The van der Waals surface area contributed by atoms with Gasteiger partial charge in [0.15, 0.2) is 0 Å². The van der Waals surface area contributed by atoms with E-state index in [0.29, 0.717) is 22.7 Å². The molecular formula is C24H22N4O4S2. The van der Waals surface area contributed by atoms with Crippen molar-refractivity contribution in [3.05, 3.63) is 97.1 Å². The summed E-state index contributed by atoms with van der Waals surface area (Å²) in [6.45, 7) is 0. The largest absolute Gasteiger partial charge is 0.399 e. The van der Waals surface area contributed by atoms with Gasteiger partial charge in [-0.3, -0.25) is 0 Å². The second-order valence-corrected chi connectivity index (χ2v) is 11.3. The van der Waals surface area contributed by atoms with E-state index in [0.717, 1.165) is 0 Å². The number of anilines is 4. The lowest BCUT2D eigenvalue weighted by atomic mass is 10.3. The van der Waals surface area contributed by atoms with E-state index in [2.05, 4.69) is 10.9 Å². The Bertz CT molecular complexity index is 1380. The van der Waals surface area contributed by atoms with Crippen molar-refractivity contribution >= 4 is 42.4 Å². The molecule has 34 heavy (non-hydrogen) atoms. The van der Waals surface area contributed by atoms with Gasteiger partial charge in [0.2, 0.25) is 19.7 Å². The molecule has 0 saturated heterocycles. The van der Waals surface area contributed by atoms with E-state index in [-0.39, 0.29) is 19.6 Å². The quantitative estimate of drug-likeness (QED) is 0.223. The molecule has 0 aliphatic rings. The van der Waals surface area contributed by atoms with Crippen molar-refractivity contribution in [2.75, 3.05) is 22.3 Å². The Morgan fingerprint density at radius 3 is 0.912 bits per heavy atom. The predicted molar refractivity (Wildman–Crippen MR) is 133 cm³/mol. The van der Waals surface area contributed by atoms with E-state index in [1.165, 1.54) is 48.5 Å². The molecule has 8 nitrogen and oxygen atoms in total. The zero-order chi connectivity index (χ0) is 24.3. The number of rotatable bonds is 7. The first kappa shape index (κ1) is 23.1. The van der Waals surface area contributed by atoms with E-state index < -0.39 is 19.7 Å². The Kier molecular flexibility index (Phi) is 6.18. The molecule has 0 fully saturated rings. The summed E-state index contributed by atoms with van der Waals surface area (Å²) in [5.41, 5.74) is 19.4. The average Bonchev–Trinajstić information content (AvgIpc) is 2.84. The molecule has 0 radical (unpaired) electrons. The van der Waals surface area contributed by atoms with Gasteiger partial charge in [-0.25, -0.2) is 16.8 Å². The Morgan fingerprint density at radius 1 is 0.412 bits per heavy atom. The topological polar surface area (TPSA) is 144 Å². The van der Waals surface area contributed by atoms with Gasteiger partial charge in [0.1, 0.15) is 0 Å². The van der Waals surface area contributed by atoms with Crippen LogP contribution in [0.25, 0.3) is 0 Å². The van der Waals surface area contributed by atoms with Crippen LogP contribution >= 0.6 is 0 Å². The van der Waals surface area contributed by atoms with Crippen LogP contribution in [-0.4, -0.2) is 16.8 Å². The summed E-state index contributed by atoms with van der Waals surface area (Å²) in [4.78, 5) is 0.629. The first-order valence-electron chi connectivity index (χ1n) is 10.1. The van der Waals surface area contributed by atoms with Crippen LogP contribution in [0.3, 0.4) is 0 Å². The number of hydrogen-bond acceptors (Lipinski definition) is 8. The number of hydrogen-bond donors (Lipinski definition) is 4. The SMILES string of the molecule is Nc1ccc(S(=O)(=O)c2ccc(NNc3ccc(S(=O)(=O)c4ccc(N)cc4)cc3)cc2)cc1. The summed E-state index contributed by atoms with van der Waals surface area (Å²) >= 11 is 0. The Hall–Kier alpha value is -4.02. The third-order valence-corrected chi connectivity index (χ3v) is 8.63. The highest BCUT2D eigenvalue weighted by atomic mass is 32.2. The fourth-order valence-electron chi connectivity index (χ4n) is 3.15. The molecule has 4 rings (SSSR count). The summed E-state index contributed by atoms with van der Waals surface area (Å²) in [5, 5.41) is 0. The fourth-order valence-corrected chi connectivity index (χ4v) is 5.67. The molecule has 0 amide bonds. The first-order chi connectivity index (χ1) is 16.2. The third-order valence-electron chi connectivity index (χ3n) is 5.06. The Morgan fingerprint density at radius 2 is 0.647 bits per heavy atom. The van der Waals surface area contributed by atoms with Crippen LogP contribution < -0.4 is 22.3 Å². The van der Waals surface area contributed by atoms with E-state index in [4.69, 9.17) is 11.5 Å². The minimum Gasteiger partial charge on any atom is -0.399 e. The van der Waals surface area contributed by atoms with Crippen molar-refractivity contribution in [1.29, 1.82) is 0 Å². The molecule has 0 heterocycles. The molecule has 4 aromatic carbocycles. The first-order valence-corrected chi connectivity index (χ1v) is 13.1. The number of nitrogens with one attached hydrogen (secondary N) is 2. The molecule has 0 aliphatic carbocycles. The highest BCUT2D eigenvalue weighted by molar-refractivity contribution is 7.91. The van der Waals surface area contributed by atoms with E-state index >= 15 is 0 Å². The van der Waals surface area contributed by atoms with Crippen LogP contribution in [0.15, 0.2) is 117 Å². The van der Waals surface area contributed by atoms with E-state index in [1.54, 1.807) is 48.5 Å². The second kappa shape index (κ2) is 9.08. The van der Waals surface area contributed by atoms with Crippen LogP contribution in [0.2, 0.25) is 0 Å². The van der Waals surface area contributed by atoms with Gasteiger partial charge in [-0.1, -0.05) is 0 Å². The van der Waals surface area contributed by atoms with Crippen molar-refractivity contribution in [2.24, 2.45) is 0 Å². The van der Waals surface area contributed by atoms with E-state index in [1.807, 2.05) is 0 Å². The lowest BCUT2D eigenvalue weighted by Crippen LogP contribution is -2.09. The molecule has 4 aromatic rings. The molecule has 0 saturated carbocycles. The second-order valence-electron chi connectivity index (χ2n) is 7.44. The molecule has 0 bridgehead atoms. The molecule has 10 heteroatoms. The van der Waals surface area contributed by atoms with Gasteiger partial charge in [-0.05, 0) is 97.1 Å². The van der Waals surface area contributed by atoms with E-state index in [9.17, 15) is 16.8 Å².